The monoisotopic (exact) mass is 251 g/mol. The average molecular weight is 251 g/mol. The van der Waals surface area contributed by atoms with Gasteiger partial charge in [0.1, 0.15) is 0 Å². The smallest absolute Gasteiger partial charge is 0.0789 e. The number of para-hydroxylation sites is 1. The summed E-state index contributed by atoms with van der Waals surface area (Å²) in [5, 5.41) is 11.3. The van der Waals surface area contributed by atoms with Crippen molar-refractivity contribution in [3.8, 4) is 11.3 Å². The molecule has 1 N–H and O–H groups in total. The van der Waals surface area contributed by atoms with Crippen LogP contribution in [0.1, 0.15) is 18.6 Å². The van der Waals surface area contributed by atoms with Crippen LogP contribution in [0.5, 0.6) is 0 Å². The quantitative estimate of drug-likeness (QED) is 0.734. The predicted molar refractivity (Wildman–Crippen MR) is 79.0 cm³/mol. The number of hydrogen-bond acceptors (Lipinski definition) is 1. The summed E-state index contributed by atoms with van der Waals surface area (Å²) < 4.78 is 2.16. The van der Waals surface area contributed by atoms with Crippen LogP contribution in [0.2, 0.25) is 0 Å². The molecule has 1 atom stereocenters. The molecule has 3 aromatic rings. The van der Waals surface area contributed by atoms with E-state index in [1.807, 2.05) is 37.3 Å². The molecule has 2 heteroatoms. The van der Waals surface area contributed by atoms with Gasteiger partial charge < -0.3 is 9.67 Å². The highest BCUT2D eigenvalue weighted by Gasteiger charge is 2.19. The van der Waals surface area contributed by atoms with Gasteiger partial charge >= 0.3 is 0 Å². The zero-order valence-corrected chi connectivity index (χ0v) is 11.2. The van der Waals surface area contributed by atoms with Crippen LogP contribution in [0.4, 0.5) is 0 Å². The molecule has 0 unspecified atom stereocenters. The van der Waals surface area contributed by atoms with Gasteiger partial charge in [0.25, 0.3) is 0 Å². The van der Waals surface area contributed by atoms with Crippen molar-refractivity contribution in [1.82, 2.24) is 4.57 Å². The molecule has 19 heavy (non-hydrogen) atoms. The lowest BCUT2D eigenvalue weighted by atomic mass is 10.0. The van der Waals surface area contributed by atoms with E-state index < -0.39 is 6.10 Å². The van der Waals surface area contributed by atoms with Crippen LogP contribution in [0.25, 0.3) is 22.2 Å². The van der Waals surface area contributed by atoms with Gasteiger partial charge in [-0.2, -0.15) is 0 Å². The van der Waals surface area contributed by atoms with Crippen LogP contribution in [-0.2, 0) is 7.05 Å². The summed E-state index contributed by atoms with van der Waals surface area (Å²) >= 11 is 0. The van der Waals surface area contributed by atoms with Crippen molar-refractivity contribution in [2.75, 3.05) is 0 Å². The van der Waals surface area contributed by atoms with Gasteiger partial charge in [0.15, 0.2) is 0 Å². The van der Waals surface area contributed by atoms with Crippen molar-refractivity contribution in [2.24, 2.45) is 7.05 Å². The molecule has 0 aliphatic rings. The Morgan fingerprint density at radius 2 is 1.58 bits per heavy atom. The van der Waals surface area contributed by atoms with Crippen molar-refractivity contribution in [3.63, 3.8) is 0 Å². The molecule has 2 nitrogen and oxygen atoms in total. The molecule has 0 saturated carbocycles. The Morgan fingerprint density at radius 1 is 0.947 bits per heavy atom. The maximum absolute atomic E-state index is 10.2. The van der Waals surface area contributed by atoms with E-state index >= 15 is 0 Å². The molecular weight excluding hydrogens is 234 g/mol. The van der Waals surface area contributed by atoms with Crippen LogP contribution in [0, 0.1) is 0 Å². The van der Waals surface area contributed by atoms with Crippen molar-refractivity contribution in [3.05, 3.63) is 60.2 Å². The lowest BCUT2D eigenvalue weighted by molar-refractivity contribution is 0.201. The summed E-state index contributed by atoms with van der Waals surface area (Å²) in [5.41, 5.74) is 4.38. The Bertz CT molecular complexity index is 711. The Kier molecular flexibility index (Phi) is 2.88. The summed E-state index contributed by atoms with van der Waals surface area (Å²) in [7, 11) is 2.05. The van der Waals surface area contributed by atoms with E-state index in [4.69, 9.17) is 0 Å². The number of aromatic nitrogens is 1. The first-order chi connectivity index (χ1) is 9.20. The molecule has 2 aromatic carbocycles. The van der Waals surface area contributed by atoms with Gasteiger partial charge in [-0.1, -0.05) is 48.5 Å². The number of rotatable bonds is 2. The zero-order chi connectivity index (χ0) is 13.4. The maximum Gasteiger partial charge on any atom is 0.0789 e. The minimum Gasteiger partial charge on any atom is -0.389 e. The fourth-order valence-corrected chi connectivity index (χ4v) is 2.79. The van der Waals surface area contributed by atoms with E-state index in [0.29, 0.717) is 0 Å². The molecular formula is C17H17NO. The third-order valence-corrected chi connectivity index (χ3v) is 3.61. The first-order valence-corrected chi connectivity index (χ1v) is 6.51. The van der Waals surface area contributed by atoms with Crippen molar-refractivity contribution in [1.29, 1.82) is 0 Å². The van der Waals surface area contributed by atoms with E-state index in [1.54, 1.807) is 0 Å². The lowest BCUT2D eigenvalue weighted by Crippen LogP contribution is -1.97. The molecule has 0 saturated heterocycles. The predicted octanol–water partition coefficient (Wildman–Crippen LogP) is 3.90. The highest BCUT2D eigenvalue weighted by Crippen LogP contribution is 2.36. The molecule has 96 valence electrons. The van der Waals surface area contributed by atoms with Gasteiger partial charge in [-0.25, -0.2) is 0 Å². The highest BCUT2D eigenvalue weighted by molar-refractivity contribution is 5.92. The second kappa shape index (κ2) is 4.56. The second-order valence-corrected chi connectivity index (χ2v) is 4.88. The SMILES string of the molecule is C[C@H](O)c1c(-c2ccccc2)n(C)c2ccccc12. The molecule has 1 heterocycles. The molecule has 0 aliphatic heterocycles. The Hall–Kier alpha value is -2.06. The zero-order valence-electron chi connectivity index (χ0n) is 11.2. The van der Waals surface area contributed by atoms with Gasteiger partial charge in [-0.05, 0) is 18.6 Å². The van der Waals surface area contributed by atoms with E-state index in [1.165, 1.54) is 0 Å². The van der Waals surface area contributed by atoms with E-state index in [0.717, 1.165) is 27.7 Å². The third kappa shape index (κ3) is 1.85. The number of fused-ring (bicyclic) bond motifs is 1. The molecule has 0 amide bonds. The largest absolute Gasteiger partial charge is 0.389 e. The van der Waals surface area contributed by atoms with Crippen molar-refractivity contribution >= 4 is 10.9 Å². The molecule has 3 rings (SSSR count). The molecule has 0 bridgehead atoms. The van der Waals surface area contributed by atoms with Gasteiger partial charge in [0, 0.05) is 23.5 Å². The molecule has 0 radical (unpaired) electrons. The first kappa shape index (κ1) is 12.0. The standard InChI is InChI=1S/C17H17NO/c1-12(19)16-14-10-6-7-11-15(14)18(2)17(16)13-8-4-3-5-9-13/h3-12,19H,1-2H3/t12-/m0/s1. The maximum atomic E-state index is 10.2. The number of benzene rings is 2. The van der Waals surface area contributed by atoms with Gasteiger partial charge in [-0.3, -0.25) is 0 Å². The summed E-state index contributed by atoms with van der Waals surface area (Å²) in [4.78, 5) is 0. The van der Waals surface area contributed by atoms with Crippen molar-refractivity contribution in [2.45, 2.75) is 13.0 Å². The summed E-state index contributed by atoms with van der Waals surface area (Å²) in [6.45, 7) is 1.83. The van der Waals surface area contributed by atoms with E-state index in [9.17, 15) is 5.11 Å². The fourth-order valence-electron chi connectivity index (χ4n) is 2.79. The normalized spacial score (nSPS) is 12.8. The Morgan fingerprint density at radius 3 is 2.26 bits per heavy atom. The molecule has 0 fully saturated rings. The first-order valence-electron chi connectivity index (χ1n) is 6.51. The summed E-state index contributed by atoms with van der Waals surface area (Å²) in [6, 6.07) is 18.4. The summed E-state index contributed by atoms with van der Waals surface area (Å²) in [6.07, 6.45) is -0.485. The Labute approximate surface area is 112 Å². The Balaban J connectivity index is 2.41. The van der Waals surface area contributed by atoms with E-state index in [2.05, 4.69) is 35.9 Å². The minimum absolute atomic E-state index is 0.485. The average Bonchev–Trinajstić information content (AvgIpc) is 2.74. The number of aliphatic hydroxyl groups is 1. The minimum atomic E-state index is -0.485. The highest BCUT2D eigenvalue weighted by atomic mass is 16.3. The van der Waals surface area contributed by atoms with E-state index in [-0.39, 0.29) is 0 Å². The number of nitrogens with zero attached hydrogens (tertiary/aromatic N) is 1. The van der Waals surface area contributed by atoms with Gasteiger partial charge in [0.2, 0.25) is 0 Å². The molecule has 0 aliphatic carbocycles. The van der Waals surface area contributed by atoms with Gasteiger partial charge in [-0.15, -0.1) is 0 Å². The third-order valence-electron chi connectivity index (χ3n) is 3.61. The van der Waals surface area contributed by atoms with Crippen LogP contribution in [-0.4, -0.2) is 9.67 Å². The number of aliphatic hydroxyl groups excluding tert-OH is 1. The second-order valence-electron chi connectivity index (χ2n) is 4.88. The van der Waals surface area contributed by atoms with Crippen LogP contribution >= 0.6 is 0 Å². The topological polar surface area (TPSA) is 25.2 Å². The van der Waals surface area contributed by atoms with Crippen LogP contribution in [0.15, 0.2) is 54.6 Å². The fraction of sp³-hybridized carbons (Fsp3) is 0.176. The van der Waals surface area contributed by atoms with Crippen molar-refractivity contribution < 1.29 is 5.11 Å². The lowest BCUT2D eigenvalue weighted by Gasteiger charge is -2.10. The number of hydrogen-bond donors (Lipinski definition) is 1. The molecule has 1 aromatic heterocycles. The van der Waals surface area contributed by atoms with Gasteiger partial charge in [0.05, 0.1) is 11.8 Å². The van der Waals surface area contributed by atoms with Crippen LogP contribution < -0.4 is 0 Å². The summed E-state index contributed by atoms with van der Waals surface area (Å²) in [5.74, 6) is 0. The molecule has 0 spiro atoms. The van der Waals surface area contributed by atoms with Crippen LogP contribution in [0.3, 0.4) is 0 Å². The number of aryl methyl sites for hydroxylation is 1.